The van der Waals surface area contributed by atoms with E-state index in [2.05, 4.69) is 43.5 Å². The molecule has 14 heteroatoms. The maximum atomic E-state index is 13.4. The Balaban J connectivity index is 1.65. The van der Waals surface area contributed by atoms with Crippen molar-refractivity contribution in [2.24, 2.45) is 0 Å². The number of nitrogens with one attached hydrogen (secondary N) is 1. The molecule has 2 rings (SSSR count). The van der Waals surface area contributed by atoms with Crippen LogP contribution in [0, 0.1) is 0 Å². The van der Waals surface area contributed by atoms with Gasteiger partial charge < -0.3 is 65.1 Å². The van der Waals surface area contributed by atoms with Crippen LogP contribution in [0.25, 0.3) is 0 Å². The summed E-state index contributed by atoms with van der Waals surface area (Å²) in [6.45, 7) is 2.84. The monoisotopic (exact) mass is 1290 g/mol. The number of hydrogen-bond donors (Lipinski definition) is 9. The van der Waals surface area contributed by atoms with E-state index in [0.29, 0.717) is 12.8 Å². The Morgan fingerprint density at radius 3 is 1.08 bits per heavy atom. The summed E-state index contributed by atoms with van der Waals surface area (Å²) in [5.41, 5.74) is 0. The number of rotatable bonds is 65. The van der Waals surface area contributed by atoms with Crippen molar-refractivity contribution >= 4 is 5.91 Å². The smallest absolute Gasteiger partial charge is 0.220 e. The number of carbonyl (C=O) groups is 1. The van der Waals surface area contributed by atoms with E-state index >= 15 is 0 Å². The van der Waals surface area contributed by atoms with Crippen LogP contribution in [0.5, 0.6) is 0 Å². The lowest BCUT2D eigenvalue weighted by atomic mass is 9.97. The second-order valence-electron chi connectivity index (χ2n) is 27.5. The summed E-state index contributed by atoms with van der Waals surface area (Å²) in [6, 6.07) is -0.932. The third kappa shape index (κ3) is 45.4. The molecule has 91 heavy (non-hydrogen) atoms. The molecule has 0 aromatic heterocycles. The van der Waals surface area contributed by atoms with Crippen molar-refractivity contribution in [2.45, 2.75) is 428 Å². The molecule has 0 aromatic rings. The van der Waals surface area contributed by atoms with Gasteiger partial charge in [-0.15, -0.1) is 0 Å². The van der Waals surface area contributed by atoms with Gasteiger partial charge in [-0.1, -0.05) is 326 Å². The zero-order chi connectivity index (χ0) is 65.9. The molecule has 12 unspecified atom stereocenters. The summed E-state index contributed by atoms with van der Waals surface area (Å²) >= 11 is 0. The Kier molecular flexibility index (Phi) is 57.9. The number of ether oxygens (including phenoxy) is 4. The van der Waals surface area contributed by atoms with Gasteiger partial charge in [0.25, 0.3) is 0 Å². The van der Waals surface area contributed by atoms with Gasteiger partial charge in [-0.2, -0.15) is 0 Å². The highest BCUT2D eigenvalue weighted by Crippen LogP contribution is 2.30. The Hall–Kier alpha value is -1.79. The first-order valence-electron chi connectivity index (χ1n) is 38.7. The minimum Gasteiger partial charge on any atom is -0.394 e. The number of aliphatic hydroxyl groups excluding tert-OH is 8. The van der Waals surface area contributed by atoms with Crippen LogP contribution in [-0.4, -0.2) is 140 Å². The van der Waals surface area contributed by atoms with Gasteiger partial charge in [0.05, 0.1) is 32.0 Å². The maximum Gasteiger partial charge on any atom is 0.220 e. The van der Waals surface area contributed by atoms with Gasteiger partial charge in [-0.25, -0.2) is 0 Å². The van der Waals surface area contributed by atoms with Crippen LogP contribution in [0.4, 0.5) is 0 Å². The van der Waals surface area contributed by atoms with E-state index in [0.717, 1.165) is 32.1 Å². The number of amides is 1. The first kappa shape index (κ1) is 85.3. The highest BCUT2D eigenvalue weighted by atomic mass is 16.7. The first-order chi connectivity index (χ1) is 44.6. The molecular formula is C77H145NO13. The molecule has 0 radical (unpaired) electrons. The van der Waals surface area contributed by atoms with Crippen molar-refractivity contribution in [1.29, 1.82) is 0 Å². The molecule has 9 N–H and O–H groups in total. The van der Waals surface area contributed by atoms with Gasteiger partial charge in [0.1, 0.15) is 48.8 Å². The Morgan fingerprint density at radius 1 is 0.385 bits per heavy atom. The topological polar surface area (TPSA) is 228 Å². The fourth-order valence-electron chi connectivity index (χ4n) is 12.9. The molecule has 2 saturated heterocycles. The summed E-state index contributed by atoms with van der Waals surface area (Å²) < 4.78 is 22.9. The van der Waals surface area contributed by atoms with Gasteiger partial charge >= 0.3 is 0 Å². The van der Waals surface area contributed by atoms with Crippen LogP contribution in [0.2, 0.25) is 0 Å². The second-order valence-corrected chi connectivity index (χ2v) is 27.5. The molecule has 0 spiro atoms. The zero-order valence-corrected chi connectivity index (χ0v) is 58.6. The number of allylic oxidation sites excluding steroid dienone is 5. The Morgan fingerprint density at radius 2 is 0.703 bits per heavy atom. The molecule has 0 saturated carbocycles. The van der Waals surface area contributed by atoms with E-state index in [9.17, 15) is 45.6 Å². The van der Waals surface area contributed by atoms with E-state index in [1.165, 1.54) is 289 Å². The molecule has 536 valence electrons. The Bertz CT molecular complexity index is 1670. The fourth-order valence-corrected chi connectivity index (χ4v) is 12.9. The average molecular weight is 1290 g/mol. The molecule has 1 amide bonds. The second kappa shape index (κ2) is 61.8. The van der Waals surface area contributed by atoms with Gasteiger partial charge in [0, 0.05) is 6.42 Å². The molecule has 0 bridgehead atoms. The van der Waals surface area contributed by atoms with Gasteiger partial charge in [0.2, 0.25) is 5.91 Å². The van der Waals surface area contributed by atoms with E-state index < -0.39 is 86.8 Å². The van der Waals surface area contributed by atoms with Crippen molar-refractivity contribution in [3.63, 3.8) is 0 Å². The van der Waals surface area contributed by atoms with Crippen LogP contribution in [0.15, 0.2) is 36.5 Å². The van der Waals surface area contributed by atoms with E-state index in [-0.39, 0.29) is 18.9 Å². The minimum absolute atomic E-state index is 0.242. The molecular weight excluding hydrogens is 1150 g/mol. The fraction of sp³-hybridized carbons (Fsp3) is 0.909. The standard InChI is InChI=1S/C77H145NO13/c1-3-5-7-9-11-13-15-17-19-21-23-25-27-29-31-33-35-37-39-41-43-45-47-49-51-53-55-57-59-61-69(82)78-65(64-88-76-74(87)72(85)75(68(63-80)90-76)91-77-73(86)71(84)70(83)67(62-79)89-77)66(81)60-58-56-54-52-50-48-46-44-42-40-38-36-34-32-30-28-26-24-22-20-18-16-14-12-10-8-6-4-2/h21,23,50,52,58,60,65-68,70-77,79-81,83-87H,3-20,22,24-49,51,53-57,59,61-64H2,1-2H3,(H,78,82)/b23-21-,52-50+,60-58+. The highest BCUT2D eigenvalue weighted by Gasteiger charge is 2.51. The lowest BCUT2D eigenvalue weighted by Gasteiger charge is -2.46. The summed E-state index contributed by atoms with van der Waals surface area (Å²) in [7, 11) is 0. The summed E-state index contributed by atoms with van der Waals surface area (Å²) in [6.07, 6.45) is 63.7. The molecule has 14 nitrogen and oxygen atoms in total. The molecule has 2 aliphatic heterocycles. The number of hydrogen-bond acceptors (Lipinski definition) is 13. The molecule has 2 aliphatic rings. The largest absolute Gasteiger partial charge is 0.394 e. The molecule has 0 aliphatic carbocycles. The van der Waals surface area contributed by atoms with Gasteiger partial charge in [-0.05, 0) is 57.8 Å². The first-order valence-corrected chi connectivity index (χ1v) is 38.7. The van der Waals surface area contributed by atoms with Crippen molar-refractivity contribution < 1.29 is 64.6 Å². The van der Waals surface area contributed by atoms with Crippen LogP contribution in [-0.2, 0) is 23.7 Å². The van der Waals surface area contributed by atoms with Crippen LogP contribution in [0.1, 0.15) is 354 Å². The van der Waals surface area contributed by atoms with Crippen molar-refractivity contribution in [1.82, 2.24) is 5.32 Å². The van der Waals surface area contributed by atoms with Crippen molar-refractivity contribution in [3.05, 3.63) is 36.5 Å². The maximum absolute atomic E-state index is 13.4. The van der Waals surface area contributed by atoms with Crippen LogP contribution in [0.3, 0.4) is 0 Å². The van der Waals surface area contributed by atoms with Crippen molar-refractivity contribution in [3.8, 4) is 0 Å². The SMILES string of the molecule is CCCCCCCCCC/C=C\CCCCCCCCCCCCCCCCCCCC(=O)NC(COC1OC(CO)C(OC2OC(CO)C(O)C(O)C2O)C(O)C1O)C(O)/C=C/CC/C=C/CCCCCCCCCCCCCCCCCCCCCCCC. The molecule has 2 heterocycles. The van der Waals surface area contributed by atoms with E-state index in [1.807, 2.05) is 6.08 Å². The Labute approximate surface area is 557 Å². The highest BCUT2D eigenvalue weighted by molar-refractivity contribution is 5.76. The van der Waals surface area contributed by atoms with Gasteiger partial charge in [0.15, 0.2) is 12.6 Å². The number of carbonyl (C=O) groups excluding carboxylic acids is 1. The normalized spacial score (nSPS) is 22.9. The zero-order valence-electron chi connectivity index (χ0n) is 58.6. The lowest BCUT2D eigenvalue weighted by Crippen LogP contribution is -2.65. The van der Waals surface area contributed by atoms with Crippen LogP contribution >= 0.6 is 0 Å². The summed E-state index contributed by atoms with van der Waals surface area (Å²) in [4.78, 5) is 13.4. The predicted molar refractivity (Wildman–Crippen MR) is 374 cm³/mol. The van der Waals surface area contributed by atoms with Crippen molar-refractivity contribution in [2.75, 3.05) is 19.8 Å². The van der Waals surface area contributed by atoms with E-state index in [1.54, 1.807) is 6.08 Å². The van der Waals surface area contributed by atoms with E-state index in [4.69, 9.17) is 18.9 Å². The van der Waals surface area contributed by atoms with Crippen LogP contribution < -0.4 is 5.32 Å². The molecule has 2 fully saturated rings. The van der Waals surface area contributed by atoms with Gasteiger partial charge in [-0.3, -0.25) is 4.79 Å². The number of aliphatic hydroxyl groups is 8. The minimum atomic E-state index is -1.79. The molecule has 0 aromatic carbocycles. The molecule has 12 atom stereocenters. The number of unbranched alkanes of at least 4 members (excludes halogenated alkanes) is 48. The quantitative estimate of drug-likeness (QED) is 0.0204. The lowest BCUT2D eigenvalue weighted by molar-refractivity contribution is -0.359. The third-order valence-corrected chi connectivity index (χ3v) is 19.0. The predicted octanol–water partition coefficient (Wildman–Crippen LogP) is 16.9. The average Bonchev–Trinajstić information content (AvgIpc) is 1.06. The summed E-state index contributed by atoms with van der Waals surface area (Å²) in [5.74, 6) is -0.242. The third-order valence-electron chi connectivity index (χ3n) is 19.0. The summed E-state index contributed by atoms with van der Waals surface area (Å²) in [5, 5.41) is 87.6.